The van der Waals surface area contributed by atoms with Crippen molar-refractivity contribution in [2.75, 3.05) is 0 Å². The largest absolute Gasteiger partial charge is 0.416 e. The molecule has 0 radical (unpaired) electrons. The zero-order valence-corrected chi connectivity index (χ0v) is 11.5. The molecule has 108 valence electrons. The Labute approximate surface area is 121 Å². The van der Waals surface area contributed by atoms with Gasteiger partial charge in [0.15, 0.2) is 0 Å². The summed E-state index contributed by atoms with van der Waals surface area (Å²) in [6, 6.07) is 13.8. The normalized spacial score (nSPS) is 11.8. The van der Waals surface area contributed by atoms with Crippen LogP contribution in [0.2, 0.25) is 0 Å². The maximum absolute atomic E-state index is 12.8. The van der Waals surface area contributed by atoms with Gasteiger partial charge in [0.1, 0.15) is 0 Å². The van der Waals surface area contributed by atoms with Gasteiger partial charge in [0.05, 0.1) is 11.3 Å². The number of hydrogen-bond donors (Lipinski definition) is 0. The molecule has 0 aliphatic rings. The highest BCUT2D eigenvalue weighted by atomic mass is 19.4. The van der Waals surface area contributed by atoms with Gasteiger partial charge in [0, 0.05) is 11.8 Å². The summed E-state index contributed by atoms with van der Waals surface area (Å²) in [5.74, 6) is 0. The van der Waals surface area contributed by atoms with Crippen LogP contribution >= 0.6 is 0 Å². The van der Waals surface area contributed by atoms with E-state index in [0.717, 1.165) is 11.1 Å². The third-order valence-corrected chi connectivity index (χ3v) is 2.97. The van der Waals surface area contributed by atoms with Crippen molar-refractivity contribution in [3.8, 4) is 0 Å². The molecule has 0 fully saturated rings. The summed E-state index contributed by atoms with van der Waals surface area (Å²) < 4.78 is 38.5. The van der Waals surface area contributed by atoms with Crippen LogP contribution in [-0.4, -0.2) is 12.4 Å². The molecule has 1 nitrogen and oxygen atoms in total. The van der Waals surface area contributed by atoms with Gasteiger partial charge in [-0.25, -0.2) is 0 Å². The third kappa shape index (κ3) is 3.81. The lowest BCUT2D eigenvalue weighted by Gasteiger charge is -2.13. The van der Waals surface area contributed by atoms with Crippen LogP contribution in [0.3, 0.4) is 0 Å². The average molecular weight is 289 g/mol. The molecule has 2 aromatic rings. The number of benzene rings is 2. The zero-order valence-electron chi connectivity index (χ0n) is 11.5. The van der Waals surface area contributed by atoms with Crippen LogP contribution in [0.4, 0.5) is 18.9 Å². The molecule has 0 aliphatic carbocycles. The highest BCUT2D eigenvalue weighted by molar-refractivity contribution is 5.85. The van der Waals surface area contributed by atoms with Crippen molar-refractivity contribution in [2.45, 2.75) is 13.1 Å². The summed E-state index contributed by atoms with van der Waals surface area (Å²) in [6.07, 6.45) is -2.92. The molecule has 0 unspecified atom stereocenters. The Morgan fingerprint density at radius 2 is 1.76 bits per heavy atom. The van der Waals surface area contributed by atoms with Crippen LogP contribution in [0.5, 0.6) is 0 Å². The molecule has 0 aromatic heterocycles. The summed E-state index contributed by atoms with van der Waals surface area (Å²) in [7, 11) is 0. The molecule has 0 saturated heterocycles. The minimum Gasteiger partial charge on any atom is -0.256 e. The van der Waals surface area contributed by atoms with Gasteiger partial charge in [-0.1, -0.05) is 49.0 Å². The van der Waals surface area contributed by atoms with E-state index >= 15 is 0 Å². The van der Waals surface area contributed by atoms with Gasteiger partial charge in [0.2, 0.25) is 0 Å². The SMILES string of the molecule is C=C(c1ccc(C)cc1N=Cc1ccccc1)C(F)(F)F. The van der Waals surface area contributed by atoms with Crippen LogP contribution in [0.15, 0.2) is 60.1 Å². The van der Waals surface area contributed by atoms with Gasteiger partial charge in [-0.3, -0.25) is 4.99 Å². The van der Waals surface area contributed by atoms with Crippen LogP contribution in [0.25, 0.3) is 5.57 Å². The summed E-state index contributed by atoms with van der Waals surface area (Å²) >= 11 is 0. The van der Waals surface area contributed by atoms with E-state index in [0.29, 0.717) is 0 Å². The molecule has 4 heteroatoms. The van der Waals surface area contributed by atoms with E-state index in [-0.39, 0.29) is 11.3 Å². The molecule has 21 heavy (non-hydrogen) atoms. The predicted molar refractivity (Wildman–Crippen MR) is 80.0 cm³/mol. The van der Waals surface area contributed by atoms with Crippen LogP contribution in [0, 0.1) is 6.92 Å². The van der Waals surface area contributed by atoms with Crippen LogP contribution in [-0.2, 0) is 0 Å². The van der Waals surface area contributed by atoms with E-state index in [4.69, 9.17) is 0 Å². The molecule has 0 N–H and O–H groups in total. The molecule has 2 aromatic carbocycles. The van der Waals surface area contributed by atoms with E-state index in [1.807, 2.05) is 37.3 Å². The quantitative estimate of drug-likeness (QED) is 0.678. The van der Waals surface area contributed by atoms with E-state index in [9.17, 15) is 13.2 Å². The fourth-order valence-corrected chi connectivity index (χ4v) is 1.84. The maximum Gasteiger partial charge on any atom is 0.416 e. The number of nitrogens with zero attached hydrogens (tertiary/aromatic N) is 1. The average Bonchev–Trinajstić information content (AvgIpc) is 2.45. The Kier molecular flexibility index (Phi) is 4.26. The summed E-state index contributed by atoms with van der Waals surface area (Å²) in [5.41, 5.74) is 1.04. The van der Waals surface area contributed by atoms with E-state index in [1.165, 1.54) is 6.07 Å². The highest BCUT2D eigenvalue weighted by Crippen LogP contribution is 2.37. The Morgan fingerprint density at radius 1 is 1.10 bits per heavy atom. The summed E-state index contributed by atoms with van der Waals surface area (Å²) in [4.78, 5) is 4.19. The molecular weight excluding hydrogens is 275 g/mol. The lowest BCUT2D eigenvalue weighted by Crippen LogP contribution is -2.09. The van der Waals surface area contributed by atoms with Gasteiger partial charge in [-0.05, 0) is 24.1 Å². The predicted octanol–water partition coefficient (Wildman–Crippen LogP) is 5.32. The van der Waals surface area contributed by atoms with Gasteiger partial charge in [0.25, 0.3) is 0 Å². The molecule has 0 aliphatic heterocycles. The Morgan fingerprint density at radius 3 is 2.38 bits per heavy atom. The monoisotopic (exact) mass is 289 g/mol. The standard InChI is InChI=1S/C17H14F3N/c1-12-8-9-15(13(2)17(18,19)20)16(10-12)21-11-14-6-4-3-5-7-14/h3-11H,2H2,1H3. The maximum atomic E-state index is 12.8. The second-order valence-electron chi connectivity index (χ2n) is 4.67. The number of halogens is 3. The number of hydrogen-bond acceptors (Lipinski definition) is 1. The smallest absolute Gasteiger partial charge is 0.256 e. The highest BCUT2D eigenvalue weighted by Gasteiger charge is 2.34. The summed E-state index contributed by atoms with van der Waals surface area (Å²) in [5, 5.41) is 0. The fourth-order valence-electron chi connectivity index (χ4n) is 1.84. The molecule has 0 amide bonds. The third-order valence-electron chi connectivity index (χ3n) is 2.97. The van der Waals surface area contributed by atoms with E-state index < -0.39 is 11.7 Å². The summed E-state index contributed by atoms with van der Waals surface area (Å²) in [6.45, 7) is 4.95. The van der Waals surface area contributed by atoms with Gasteiger partial charge < -0.3 is 0 Å². The fraction of sp³-hybridized carbons (Fsp3) is 0.118. The van der Waals surface area contributed by atoms with Gasteiger partial charge in [-0.2, -0.15) is 13.2 Å². The van der Waals surface area contributed by atoms with Crippen LogP contribution < -0.4 is 0 Å². The van der Waals surface area contributed by atoms with Crippen molar-refractivity contribution < 1.29 is 13.2 Å². The molecule has 0 atom stereocenters. The molecular formula is C17H14F3N. The number of alkyl halides is 3. The lowest BCUT2D eigenvalue weighted by molar-refractivity contribution is -0.0686. The topological polar surface area (TPSA) is 12.4 Å². The van der Waals surface area contributed by atoms with Gasteiger partial charge >= 0.3 is 6.18 Å². The minimum atomic E-state index is -4.47. The van der Waals surface area contributed by atoms with Crippen molar-refractivity contribution >= 4 is 17.5 Å². The number of aryl methyl sites for hydroxylation is 1. The lowest BCUT2D eigenvalue weighted by atomic mass is 10.0. The minimum absolute atomic E-state index is 0.000260. The number of allylic oxidation sites excluding steroid dienone is 1. The van der Waals surface area contributed by atoms with Crippen molar-refractivity contribution in [3.05, 3.63) is 71.8 Å². The number of aliphatic imine (C=N–C) groups is 1. The second kappa shape index (κ2) is 5.95. The molecule has 0 heterocycles. The van der Waals surface area contributed by atoms with E-state index in [2.05, 4.69) is 11.6 Å². The van der Waals surface area contributed by atoms with Crippen molar-refractivity contribution in [3.63, 3.8) is 0 Å². The first-order valence-corrected chi connectivity index (χ1v) is 6.34. The molecule has 0 spiro atoms. The first kappa shape index (κ1) is 15.0. The first-order chi connectivity index (χ1) is 9.88. The second-order valence-corrected chi connectivity index (χ2v) is 4.67. The van der Waals surface area contributed by atoms with Gasteiger partial charge in [-0.15, -0.1) is 0 Å². The van der Waals surface area contributed by atoms with Crippen molar-refractivity contribution in [2.24, 2.45) is 4.99 Å². The Hall–Kier alpha value is -2.36. The van der Waals surface area contributed by atoms with Crippen molar-refractivity contribution in [1.29, 1.82) is 0 Å². The van der Waals surface area contributed by atoms with Crippen LogP contribution in [0.1, 0.15) is 16.7 Å². The zero-order chi connectivity index (χ0) is 15.5. The molecule has 2 rings (SSSR count). The Bertz CT molecular complexity index is 670. The molecule has 0 saturated carbocycles. The first-order valence-electron chi connectivity index (χ1n) is 6.34. The van der Waals surface area contributed by atoms with Crippen molar-refractivity contribution in [1.82, 2.24) is 0 Å². The van der Waals surface area contributed by atoms with E-state index in [1.54, 1.807) is 18.3 Å². The number of rotatable bonds is 3. The molecule has 0 bridgehead atoms. The Balaban J connectivity index is 2.41.